The molecule has 0 amide bonds. The lowest BCUT2D eigenvalue weighted by atomic mass is 9.99. The fourth-order valence-corrected chi connectivity index (χ4v) is 2.27. The lowest BCUT2D eigenvalue weighted by Gasteiger charge is -2.15. The number of halogens is 2. The summed E-state index contributed by atoms with van der Waals surface area (Å²) in [5.74, 6) is 0.110. The first-order valence-corrected chi connectivity index (χ1v) is 6.25. The SMILES string of the molecule is NC(c1ccccc1)c1cc(Br)c(O)cc1Cl. The van der Waals surface area contributed by atoms with E-state index in [0.717, 1.165) is 11.1 Å². The van der Waals surface area contributed by atoms with Crippen molar-refractivity contribution in [3.05, 3.63) is 63.1 Å². The van der Waals surface area contributed by atoms with Gasteiger partial charge in [0.2, 0.25) is 0 Å². The molecule has 0 aliphatic heterocycles. The van der Waals surface area contributed by atoms with Crippen molar-refractivity contribution in [3.8, 4) is 5.75 Å². The number of nitrogens with two attached hydrogens (primary N) is 1. The van der Waals surface area contributed by atoms with Gasteiger partial charge in [-0.25, -0.2) is 0 Å². The molecule has 0 aliphatic rings. The van der Waals surface area contributed by atoms with Crippen LogP contribution < -0.4 is 5.73 Å². The molecule has 3 N–H and O–H groups in total. The van der Waals surface area contributed by atoms with Crippen molar-refractivity contribution in [3.63, 3.8) is 0 Å². The molecule has 2 aromatic carbocycles. The van der Waals surface area contributed by atoms with E-state index in [0.29, 0.717) is 9.50 Å². The van der Waals surface area contributed by atoms with Crippen LogP contribution in [0.15, 0.2) is 46.9 Å². The first-order chi connectivity index (χ1) is 8.09. The molecule has 0 aliphatic carbocycles. The lowest BCUT2D eigenvalue weighted by molar-refractivity contribution is 0.471. The van der Waals surface area contributed by atoms with Gasteiger partial charge in [0.15, 0.2) is 0 Å². The van der Waals surface area contributed by atoms with Crippen LogP contribution in [0.25, 0.3) is 0 Å². The van der Waals surface area contributed by atoms with E-state index in [1.807, 2.05) is 30.3 Å². The molecule has 2 aromatic rings. The second-order valence-electron chi connectivity index (χ2n) is 3.71. The molecule has 0 bridgehead atoms. The Morgan fingerprint density at radius 2 is 1.82 bits per heavy atom. The van der Waals surface area contributed by atoms with E-state index in [1.54, 1.807) is 6.07 Å². The van der Waals surface area contributed by atoms with Crippen LogP contribution in [0.5, 0.6) is 5.75 Å². The summed E-state index contributed by atoms with van der Waals surface area (Å²) in [5, 5.41) is 9.96. The van der Waals surface area contributed by atoms with E-state index >= 15 is 0 Å². The third-order valence-corrected chi connectivity index (χ3v) is 3.52. The molecule has 17 heavy (non-hydrogen) atoms. The minimum absolute atomic E-state index is 0.110. The highest BCUT2D eigenvalue weighted by Gasteiger charge is 2.14. The highest BCUT2D eigenvalue weighted by molar-refractivity contribution is 9.10. The topological polar surface area (TPSA) is 46.2 Å². The molecule has 1 unspecified atom stereocenters. The maximum atomic E-state index is 9.50. The molecule has 2 rings (SSSR count). The molecule has 88 valence electrons. The zero-order chi connectivity index (χ0) is 12.4. The Hall–Kier alpha value is -1.03. The molecule has 0 spiro atoms. The maximum absolute atomic E-state index is 9.50. The fourth-order valence-electron chi connectivity index (χ4n) is 1.63. The highest BCUT2D eigenvalue weighted by Crippen LogP contribution is 2.34. The van der Waals surface area contributed by atoms with Gasteiger partial charge in [-0.3, -0.25) is 0 Å². The molecular formula is C13H11BrClNO. The van der Waals surface area contributed by atoms with Gasteiger partial charge in [-0.1, -0.05) is 41.9 Å². The Bertz CT molecular complexity index is 530. The summed E-state index contributed by atoms with van der Waals surface area (Å²) in [7, 11) is 0. The van der Waals surface area contributed by atoms with Crippen molar-refractivity contribution in [2.45, 2.75) is 6.04 Å². The first-order valence-electron chi connectivity index (χ1n) is 5.08. The van der Waals surface area contributed by atoms with E-state index in [-0.39, 0.29) is 11.8 Å². The number of hydrogen-bond acceptors (Lipinski definition) is 2. The summed E-state index contributed by atoms with van der Waals surface area (Å²) in [6, 6.07) is 12.6. The normalized spacial score (nSPS) is 12.4. The molecule has 0 heterocycles. The van der Waals surface area contributed by atoms with Crippen LogP contribution in [0.1, 0.15) is 17.2 Å². The maximum Gasteiger partial charge on any atom is 0.131 e. The van der Waals surface area contributed by atoms with E-state index in [4.69, 9.17) is 17.3 Å². The number of hydrogen-bond donors (Lipinski definition) is 2. The Kier molecular flexibility index (Phi) is 3.72. The van der Waals surface area contributed by atoms with Crippen molar-refractivity contribution in [1.82, 2.24) is 0 Å². The molecule has 0 radical (unpaired) electrons. The van der Waals surface area contributed by atoms with Crippen molar-refractivity contribution < 1.29 is 5.11 Å². The molecule has 0 saturated heterocycles. The predicted octanol–water partition coefficient (Wildman–Crippen LogP) is 3.86. The van der Waals surface area contributed by atoms with Crippen LogP contribution in [0, 0.1) is 0 Å². The van der Waals surface area contributed by atoms with Crippen molar-refractivity contribution in [1.29, 1.82) is 0 Å². The fraction of sp³-hybridized carbons (Fsp3) is 0.0769. The minimum Gasteiger partial charge on any atom is -0.507 e. The molecular weight excluding hydrogens is 302 g/mol. The number of rotatable bonds is 2. The van der Waals surface area contributed by atoms with Gasteiger partial charge in [0.05, 0.1) is 10.5 Å². The van der Waals surface area contributed by atoms with Crippen LogP contribution in [0.2, 0.25) is 5.02 Å². The molecule has 1 atom stereocenters. The van der Waals surface area contributed by atoms with Crippen LogP contribution in [0.3, 0.4) is 0 Å². The summed E-state index contributed by atoms with van der Waals surface area (Å²) < 4.78 is 0.586. The molecule has 0 fully saturated rings. The Balaban J connectivity index is 2.44. The first kappa shape index (κ1) is 12.4. The summed E-state index contributed by atoms with van der Waals surface area (Å²) in [5.41, 5.74) is 7.91. The predicted molar refractivity (Wildman–Crippen MR) is 73.3 cm³/mol. The molecule has 0 saturated carbocycles. The Morgan fingerprint density at radius 1 is 1.18 bits per heavy atom. The van der Waals surface area contributed by atoms with Crippen LogP contribution in [0.4, 0.5) is 0 Å². The summed E-state index contributed by atoms with van der Waals surface area (Å²) in [6.45, 7) is 0. The van der Waals surface area contributed by atoms with Crippen molar-refractivity contribution in [2.75, 3.05) is 0 Å². The third-order valence-electron chi connectivity index (χ3n) is 2.56. The van der Waals surface area contributed by atoms with Gasteiger partial charge in [0, 0.05) is 11.1 Å². The number of aromatic hydroxyl groups is 1. The second kappa shape index (κ2) is 5.08. The minimum atomic E-state index is -0.305. The number of benzene rings is 2. The van der Waals surface area contributed by atoms with Crippen LogP contribution in [-0.4, -0.2) is 5.11 Å². The number of phenols is 1. The zero-order valence-corrected chi connectivity index (χ0v) is 11.2. The van der Waals surface area contributed by atoms with Gasteiger partial charge < -0.3 is 10.8 Å². The van der Waals surface area contributed by atoms with E-state index in [1.165, 1.54) is 6.07 Å². The molecule has 4 heteroatoms. The van der Waals surface area contributed by atoms with Crippen molar-refractivity contribution >= 4 is 27.5 Å². The van der Waals surface area contributed by atoms with Gasteiger partial charge >= 0.3 is 0 Å². The average Bonchev–Trinajstić information content (AvgIpc) is 2.34. The van der Waals surface area contributed by atoms with Gasteiger partial charge in [0.1, 0.15) is 5.75 Å². The smallest absolute Gasteiger partial charge is 0.131 e. The summed E-state index contributed by atoms with van der Waals surface area (Å²) in [6.07, 6.45) is 0. The average molecular weight is 313 g/mol. The Morgan fingerprint density at radius 3 is 2.47 bits per heavy atom. The Labute approximate surface area is 113 Å². The van der Waals surface area contributed by atoms with E-state index in [2.05, 4.69) is 15.9 Å². The molecule has 0 aromatic heterocycles. The quantitative estimate of drug-likeness (QED) is 0.884. The van der Waals surface area contributed by atoms with Gasteiger partial charge in [0.25, 0.3) is 0 Å². The largest absolute Gasteiger partial charge is 0.507 e. The van der Waals surface area contributed by atoms with Crippen LogP contribution >= 0.6 is 27.5 Å². The summed E-state index contributed by atoms with van der Waals surface area (Å²) in [4.78, 5) is 0. The number of phenolic OH excluding ortho intramolecular Hbond substituents is 1. The van der Waals surface area contributed by atoms with Gasteiger partial charge in [-0.15, -0.1) is 0 Å². The van der Waals surface area contributed by atoms with Crippen LogP contribution in [-0.2, 0) is 0 Å². The van der Waals surface area contributed by atoms with Gasteiger partial charge in [-0.05, 0) is 33.1 Å². The highest BCUT2D eigenvalue weighted by atomic mass is 79.9. The summed E-state index contributed by atoms with van der Waals surface area (Å²) >= 11 is 9.34. The van der Waals surface area contributed by atoms with Gasteiger partial charge in [-0.2, -0.15) is 0 Å². The van der Waals surface area contributed by atoms with E-state index in [9.17, 15) is 5.11 Å². The van der Waals surface area contributed by atoms with E-state index < -0.39 is 0 Å². The lowest BCUT2D eigenvalue weighted by Crippen LogP contribution is -2.12. The molecule has 2 nitrogen and oxygen atoms in total. The van der Waals surface area contributed by atoms with Crippen molar-refractivity contribution in [2.24, 2.45) is 5.73 Å². The third kappa shape index (κ3) is 2.63. The standard InChI is InChI=1S/C13H11BrClNO/c14-10-6-9(11(15)7-12(10)17)13(16)8-4-2-1-3-5-8/h1-7,13,17H,16H2. The zero-order valence-electron chi connectivity index (χ0n) is 8.90. The second-order valence-corrected chi connectivity index (χ2v) is 4.98. The monoisotopic (exact) mass is 311 g/mol.